The molecule has 2 amide bonds. The molecule has 0 bridgehead atoms. The van der Waals surface area contributed by atoms with Crippen molar-refractivity contribution in [1.29, 1.82) is 0 Å². The summed E-state index contributed by atoms with van der Waals surface area (Å²) in [6.07, 6.45) is 2.23. The number of carbonyl (C=O) groups excluding carboxylic acids is 2. The van der Waals surface area contributed by atoms with Crippen LogP contribution in [0.3, 0.4) is 0 Å². The van der Waals surface area contributed by atoms with Gasteiger partial charge in [0.1, 0.15) is 0 Å². The monoisotopic (exact) mass is 300 g/mol. The van der Waals surface area contributed by atoms with Crippen LogP contribution in [0.25, 0.3) is 10.9 Å². The highest BCUT2D eigenvalue weighted by Crippen LogP contribution is 2.21. The highest BCUT2D eigenvalue weighted by Gasteiger charge is 2.28. The average Bonchev–Trinajstić information content (AvgIpc) is 3.04. The minimum atomic E-state index is -0.698. The van der Waals surface area contributed by atoms with Crippen LogP contribution in [0.4, 0.5) is 5.69 Å². The van der Waals surface area contributed by atoms with Crippen molar-refractivity contribution in [3.63, 3.8) is 0 Å². The SMILES string of the molecule is C=CC(=O)N1CCOC(C(=O)Nc2cccc3cn[nH]c23)C1. The number of morpholine rings is 1. The van der Waals surface area contributed by atoms with E-state index in [1.165, 1.54) is 6.08 Å². The van der Waals surface area contributed by atoms with Gasteiger partial charge in [-0.2, -0.15) is 5.10 Å². The van der Waals surface area contributed by atoms with E-state index in [0.717, 1.165) is 10.9 Å². The van der Waals surface area contributed by atoms with Gasteiger partial charge in [-0.25, -0.2) is 0 Å². The molecule has 7 nitrogen and oxygen atoms in total. The first kappa shape index (κ1) is 14.3. The second-order valence-corrected chi connectivity index (χ2v) is 4.98. The number of carbonyl (C=O) groups is 2. The maximum Gasteiger partial charge on any atom is 0.255 e. The Labute approximate surface area is 126 Å². The minimum absolute atomic E-state index is 0.197. The van der Waals surface area contributed by atoms with E-state index in [0.29, 0.717) is 18.8 Å². The van der Waals surface area contributed by atoms with Crippen LogP contribution < -0.4 is 5.32 Å². The zero-order chi connectivity index (χ0) is 15.5. The van der Waals surface area contributed by atoms with Crippen molar-refractivity contribution in [2.45, 2.75) is 6.10 Å². The van der Waals surface area contributed by atoms with Gasteiger partial charge in [-0.05, 0) is 12.1 Å². The van der Waals surface area contributed by atoms with E-state index in [2.05, 4.69) is 22.1 Å². The Morgan fingerprint density at radius 1 is 1.50 bits per heavy atom. The summed E-state index contributed by atoms with van der Waals surface area (Å²) in [7, 11) is 0. The Kier molecular flexibility index (Phi) is 3.88. The van der Waals surface area contributed by atoms with Gasteiger partial charge < -0.3 is 15.0 Å². The molecule has 0 radical (unpaired) electrons. The van der Waals surface area contributed by atoms with Crippen LogP contribution in [0.1, 0.15) is 0 Å². The smallest absolute Gasteiger partial charge is 0.255 e. The Morgan fingerprint density at radius 2 is 2.36 bits per heavy atom. The van der Waals surface area contributed by atoms with Crippen molar-refractivity contribution in [1.82, 2.24) is 15.1 Å². The van der Waals surface area contributed by atoms with Gasteiger partial charge in [0.15, 0.2) is 6.10 Å². The highest BCUT2D eigenvalue weighted by atomic mass is 16.5. The number of rotatable bonds is 3. The molecule has 2 aromatic rings. The second-order valence-electron chi connectivity index (χ2n) is 4.98. The van der Waals surface area contributed by atoms with E-state index < -0.39 is 6.10 Å². The quantitative estimate of drug-likeness (QED) is 0.825. The van der Waals surface area contributed by atoms with Gasteiger partial charge in [-0.15, -0.1) is 0 Å². The summed E-state index contributed by atoms with van der Waals surface area (Å²) in [6, 6.07) is 5.52. The number of hydrogen-bond donors (Lipinski definition) is 2. The zero-order valence-corrected chi connectivity index (χ0v) is 11.9. The number of amides is 2. The normalized spacial score (nSPS) is 18.2. The lowest BCUT2D eigenvalue weighted by molar-refractivity contribution is -0.141. The predicted molar refractivity (Wildman–Crippen MR) is 81.2 cm³/mol. The van der Waals surface area contributed by atoms with Crippen molar-refractivity contribution >= 4 is 28.4 Å². The molecule has 1 fully saturated rings. The maximum atomic E-state index is 12.4. The van der Waals surface area contributed by atoms with Gasteiger partial charge in [-0.1, -0.05) is 18.7 Å². The molecule has 0 saturated carbocycles. The fourth-order valence-electron chi connectivity index (χ4n) is 2.42. The number of aromatic nitrogens is 2. The first-order valence-electron chi connectivity index (χ1n) is 6.95. The summed E-state index contributed by atoms with van der Waals surface area (Å²) < 4.78 is 5.46. The number of benzene rings is 1. The van der Waals surface area contributed by atoms with Crippen molar-refractivity contribution in [2.75, 3.05) is 25.0 Å². The highest BCUT2D eigenvalue weighted by molar-refractivity contribution is 6.02. The van der Waals surface area contributed by atoms with Gasteiger partial charge in [0.2, 0.25) is 5.91 Å². The van der Waals surface area contributed by atoms with Gasteiger partial charge in [0.25, 0.3) is 5.91 Å². The number of ether oxygens (including phenoxy) is 1. The van der Waals surface area contributed by atoms with Gasteiger partial charge in [0.05, 0.1) is 30.6 Å². The van der Waals surface area contributed by atoms with Crippen LogP contribution in [0.2, 0.25) is 0 Å². The molecular formula is C15H16N4O3. The maximum absolute atomic E-state index is 12.4. The summed E-state index contributed by atoms with van der Waals surface area (Å²) in [4.78, 5) is 25.5. The largest absolute Gasteiger partial charge is 0.365 e. The number of aromatic amines is 1. The van der Waals surface area contributed by atoms with E-state index in [-0.39, 0.29) is 18.4 Å². The molecule has 0 spiro atoms. The van der Waals surface area contributed by atoms with Crippen molar-refractivity contribution in [3.05, 3.63) is 37.1 Å². The molecule has 1 atom stereocenters. The first-order valence-corrected chi connectivity index (χ1v) is 6.95. The third kappa shape index (κ3) is 2.71. The summed E-state index contributed by atoms with van der Waals surface area (Å²) in [6.45, 7) is 4.46. The molecule has 1 aromatic heterocycles. The Balaban J connectivity index is 1.73. The molecule has 2 heterocycles. The Morgan fingerprint density at radius 3 is 3.18 bits per heavy atom. The second kappa shape index (κ2) is 5.98. The van der Waals surface area contributed by atoms with E-state index in [9.17, 15) is 9.59 Å². The number of nitrogens with zero attached hydrogens (tertiary/aromatic N) is 2. The van der Waals surface area contributed by atoms with Crippen LogP contribution in [0, 0.1) is 0 Å². The number of H-pyrrole nitrogens is 1. The molecule has 2 N–H and O–H groups in total. The number of fused-ring (bicyclic) bond motifs is 1. The zero-order valence-electron chi connectivity index (χ0n) is 11.9. The lowest BCUT2D eigenvalue weighted by Gasteiger charge is -2.31. The summed E-state index contributed by atoms with van der Waals surface area (Å²) in [5.41, 5.74) is 1.39. The van der Waals surface area contributed by atoms with Crippen LogP contribution in [-0.4, -0.2) is 52.7 Å². The van der Waals surface area contributed by atoms with Crippen LogP contribution >= 0.6 is 0 Å². The standard InChI is InChI=1S/C15H16N4O3/c1-2-13(20)19-6-7-22-12(9-19)15(21)17-11-5-3-4-10-8-16-18-14(10)11/h2-5,8,12H,1,6-7,9H2,(H,16,18)(H,17,21). The minimum Gasteiger partial charge on any atom is -0.365 e. The number of anilines is 1. The van der Waals surface area contributed by atoms with E-state index in [1.54, 1.807) is 17.2 Å². The molecule has 1 aliphatic rings. The van der Waals surface area contributed by atoms with Crippen LogP contribution in [0.15, 0.2) is 37.1 Å². The molecule has 1 aromatic carbocycles. The van der Waals surface area contributed by atoms with Gasteiger partial charge in [-0.3, -0.25) is 14.7 Å². The summed E-state index contributed by atoms with van der Waals surface area (Å²) >= 11 is 0. The molecule has 1 unspecified atom stereocenters. The lowest BCUT2D eigenvalue weighted by atomic mass is 10.2. The molecule has 114 valence electrons. The third-order valence-electron chi connectivity index (χ3n) is 3.58. The number of para-hydroxylation sites is 1. The lowest BCUT2D eigenvalue weighted by Crippen LogP contribution is -2.49. The Hall–Kier alpha value is -2.67. The van der Waals surface area contributed by atoms with Crippen molar-refractivity contribution in [3.8, 4) is 0 Å². The van der Waals surface area contributed by atoms with Gasteiger partial charge in [0, 0.05) is 11.9 Å². The number of hydrogen-bond acceptors (Lipinski definition) is 4. The van der Waals surface area contributed by atoms with E-state index >= 15 is 0 Å². The van der Waals surface area contributed by atoms with E-state index in [1.807, 2.05) is 12.1 Å². The molecule has 0 aliphatic carbocycles. The molecular weight excluding hydrogens is 284 g/mol. The fourth-order valence-corrected chi connectivity index (χ4v) is 2.42. The molecule has 7 heteroatoms. The van der Waals surface area contributed by atoms with E-state index in [4.69, 9.17) is 4.74 Å². The topological polar surface area (TPSA) is 87.3 Å². The van der Waals surface area contributed by atoms with Gasteiger partial charge >= 0.3 is 0 Å². The first-order chi connectivity index (χ1) is 10.7. The summed E-state index contributed by atoms with van der Waals surface area (Å²) in [5.74, 6) is -0.486. The third-order valence-corrected chi connectivity index (χ3v) is 3.58. The molecule has 22 heavy (non-hydrogen) atoms. The fraction of sp³-hybridized carbons (Fsp3) is 0.267. The van der Waals surface area contributed by atoms with Crippen molar-refractivity contribution < 1.29 is 14.3 Å². The molecule has 1 saturated heterocycles. The molecule has 1 aliphatic heterocycles. The Bertz CT molecular complexity index is 724. The van der Waals surface area contributed by atoms with Crippen molar-refractivity contribution in [2.24, 2.45) is 0 Å². The van der Waals surface area contributed by atoms with Crippen LogP contribution in [0.5, 0.6) is 0 Å². The average molecular weight is 300 g/mol. The van der Waals surface area contributed by atoms with Crippen LogP contribution in [-0.2, 0) is 14.3 Å². The number of nitrogens with one attached hydrogen (secondary N) is 2. The summed E-state index contributed by atoms with van der Waals surface area (Å²) in [5, 5.41) is 10.5. The predicted octanol–water partition coefficient (Wildman–Crippen LogP) is 0.915. The molecule has 3 rings (SSSR count).